The summed E-state index contributed by atoms with van der Waals surface area (Å²) in [4.78, 5) is 19.4. The fraction of sp³-hybridized carbons (Fsp3) is 0.208. The molecule has 2 aromatic heterocycles. The van der Waals surface area contributed by atoms with Crippen LogP contribution in [0.25, 0.3) is 11.3 Å². The van der Waals surface area contributed by atoms with Crippen molar-refractivity contribution in [1.82, 2.24) is 24.6 Å². The first-order valence-corrected chi connectivity index (χ1v) is 11.1. The number of carbonyl (C=O) groups is 1. The van der Waals surface area contributed by atoms with E-state index in [4.69, 9.17) is 0 Å². The van der Waals surface area contributed by atoms with E-state index in [-0.39, 0.29) is 11.9 Å². The molecule has 1 N–H and O–H groups in total. The van der Waals surface area contributed by atoms with E-state index in [1.807, 2.05) is 27.8 Å². The van der Waals surface area contributed by atoms with E-state index < -0.39 is 0 Å². The van der Waals surface area contributed by atoms with Crippen LogP contribution in [0.1, 0.15) is 39.6 Å². The van der Waals surface area contributed by atoms with E-state index in [1.54, 1.807) is 12.5 Å². The molecule has 0 fully saturated rings. The van der Waals surface area contributed by atoms with E-state index in [2.05, 4.69) is 74.4 Å². The Morgan fingerprint density at radius 1 is 1.06 bits per heavy atom. The highest BCUT2D eigenvalue weighted by molar-refractivity contribution is 9.10. The molecule has 0 radical (unpaired) electrons. The van der Waals surface area contributed by atoms with Crippen molar-refractivity contribution in [2.75, 3.05) is 6.54 Å². The van der Waals surface area contributed by atoms with Crippen molar-refractivity contribution in [2.24, 2.45) is 0 Å². The van der Waals surface area contributed by atoms with Crippen LogP contribution in [0.15, 0.2) is 71.7 Å². The topological polar surface area (TPSA) is 66.8 Å². The normalized spacial score (nSPS) is 15.5. The maximum Gasteiger partial charge on any atom is 0.273 e. The van der Waals surface area contributed by atoms with Gasteiger partial charge in [-0.3, -0.25) is 9.89 Å². The molecule has 6 nitrogen and oxygen atoms in total. The highest BCUT2D eigenvalue weighted by atomic mass is 79.9. The van der Waals surface area contributed by atoms with Gasteiger partial charge in [0, 0.05) is 41.1 Å². The molecule has 2 aromatic carbocycles. The van der Waals surface area contributed by atoms with Gasteiger partial charge in [-0.15, -0.1) is 0 Å². The van der Waals surface area contributed by atoms with Crippen LogP contribution >= 0.6 is 15.9 Å². The summed E-state index contributed by atoms with van der Waals surface area (Å²) in [5.41, 5.74) is 5.67. The minimum absolute atomic E-state index is 0.000545. The van der Waals surface area contributed by atoms with Crippen molar-refractivity contribution < 1.29 is 4.79 Å². The zero-order valence-electron chi connectivity index (χ0n) is 17.1. The van der Waals surface area contributed by atoms with Gasteiger partial charge < -0.3 is 9.47 Å². The largest absolute Gasteiger partial charge is 0.337 e. The third kappa shape index (κ3) is 3.70. The smallest absolute Gasteiger partial charge is 0.273 e. The van der Waals surface area contributed by atoms with Crippen molar-refractivity contribution in [1.29, 1.82) is 0 Å². The maximum atomic E-state index is 13.4. The monoisotopic (exact) mass is 475 g/mol. The van der Waals surface area contributed by atoms with Gasteiger partial charge in [0.15, 0.2) is 0 Å². The molecule has 0 spiro atoms. The molecule has 1 atom stereocenters. The highest BCUT2D eigenvalue weighted by Gasteiger charge is 2.41. The van der Waals surface area contributed by atoms with Gasteiger partial charge in [0.2, 0.25) is 0 Å². The van der Waals surface area contributed by atoms with Crippen LogP contribution in [-0.2, 0) is 6.54 Å². The van der Waals surface area contributed by atoms with Gasteiger partial charge >= 0.3 is 0 Å². The average molecular weight is 476 g/mol. The summed E-state index contributed by atoms with van der Waals surface area (Å²) in [6.45, 7) is 3.52. The minimum atomic E-state index is -0.173. The van der Waals surface area contributed by atoms with E-state index in [0.29, 0.717) is 12.2 Å². The zero-order chi connectivity index (χ0) is 21.4. The van der Waals surface area contributed by atoms with Gasteiger partial charge in [0.1, 0.15) is 5.69 Å². The second-order valence-electron chi connectivity index (χ2n) is 7.83. The molecule has 5 rings (SSSR count). The number of aromatic nitrogens is 4. The quantitative estimate of drug-likeness (QED) is 0.427. The SMILES string of the molecule is Cc1ccc(-c2n[nH]c3c2C(c2ccc(Br)cc2)N(CCCn2ccnc2)C3=O)cc1. The van der Waals surface area contributed by atoms with Gasteiger partial charge in [0.05, 0.1) is 18.1 Å². The lowest BCUT2D eigenvalue weighted by molar-refractivity contribution is 0.0739. The van der Waals surface area contributed by atoms with Gasteiger partial charge in [0.25, 0.3) is 5.91 Å². The van der Waals surface area contributed by atoms with Crippen molar-refractivity contribution in [3.05, 3.63) is 94.1 Å². The molecular weight excluding hydrogens is 454 g/mol. The van der Waals surface area contributed by atoms with Gasteiger partial charge in [-0.2, -0.15) is 5.10 Å². The van der Waals surface area contributed by atoms with Crippen LogP contribution in [0.2, 0.25) is 0 Å². The lowest BCUT2D eigenvalue weighted by Crippen LogP contribution is -2.31. The summed E-state index contributed by atoms with van der Waals surface area (Å²) in [5, 5.41) is 7.57. The summed E-state index contributed by atoms with van der Waals surface area (Å²) in [6, 6.07) is 16.3. The maximum absolute atomic E-state index is 13.4. The Balaban J connectivity index is 1.52. The fourth-order valence-corrected chi connectivity index (χ4v) is 4.46. The van der Waals surface area contributed by atoms with E-state index in [9.17, 15) is 4.79 Å². The highest BCUT2D eigenvalue weighted by Crippen LogP contribution is 2.43. The lowest BCUT2D eigenvalue weighted by Gasteiger charge is -2.26. The van der Waals surface area contributed by atoms with Crippen molar-refractivity contribution in [2.45, 2.75) is 25.9 Å². The Morgan fingerprint density at radius 3 is 2.55 bits per heavy atom. The first kappa shape index (κ1) is 19.8. The van der Waals surface area contributed by atoms with Gasteiger partial charge in [-0.05, 0) is 31.0 Å². The Kier molecular flexibility index (Phi) is 5.19. The number of H-pyrrole nitrogens is 1. The molecule has 0 aliphatic carbocycles. The molecule has 1 aliphatic heterocycles. The summed E-state index contributed by atoms with van der Waals surface area (Å²) < 4.78 is 3.05. The number of benzene rings is 2. The number of amides is 1. The number of fused-ring (bicyclic) bond motifs is 1. The average Bonchev–Trinajstić information content (AvgIpc) is 3.49. The van der Waals surface area contributed by atoms with Crippen LogP contribution in [0, 0.1) is 6.92 Å². The molecule has 3 heterocycles. The molecule has 0 saturated heterocycles. The molecule has 0 saturated carbocycles. The zero-order valence-corrected chi connectivity index (χ0v) is 18.7. The first-order valence-electron chi connectivity index (χ1n) is 10.3. The van der Waals surface area contributed by atoms with Crippen LogP contribution in [0.3, 0.4) is 0 Å². The summed E-state index contributed by atoms with van der Waals surface area (Å²) in [6.07, 6.45) is 6.36. The second kappa shape index (κ2) is 8.15. The number of nitrogens with zero attached hydrogens (tertiary/aromatic N) is 4. The predicted molar refractivity (Wildman–Crippen MR) is 123 cm³/mol. The molecule has 1 unspecified atom stereocenters. The summed E-state index contributed by atoms with van der Waals surface area (Å²) in [5.74, 6) is -0.000545. The van der Waals surface area contributed by atoms with Crippen molar-refractivity contribution in [3.8, 4) is 11.3 Å². The van der Waals surface area contributed by atoms with Crippen LogP contribution in [0.5, 0.6) is 0 Å². The number of aryl methyl sites for hydroxylation is 2. The number of nitrogens with one attached hydrogen (secondary N) is 1. The Hall–Kier alpha value is -3.19. The fourth-order valence-electron chi connectivity index (χ4n) is 4.19. The third-order valence-electron chi connectivity index (χ3n) is 5.75. The standard InChI is InChI=1S/C24H22BrN5O/c1-16-3-5-17(6-4-16)21-20-22(28-27-21)24(31)30(13-2-12-29-14-11-26-15-29)23(20)18-7-9-19(25)10-8-18/h3-11,14-15,23H,2,12-13H2,1H3,(H,27,28). The Bertz CT molecular complexity index is 1200. The van der Waals surface area contributed by atoms with Crippen LogP contribution in [-0.4, -0.2) is 37.1 Å². The minimum Gasteiger partial charge on any atom is -0.337 e. The second-order valence-corrected chi connectivity index (χ2v) is 8.75. The summed E-state index contributed by atoms with van der Waals surface area (Å²) in [7, 11) is 0. The molecular formula is C24H22BrN5O. The number of imidazole rings is 1. The number of hydrogen-bond acceptors (Lipinski definition) is 3. The molecule has 4 aromatic rings. The molecule has 7 heteroatoms. The van der Waals surface area contributed by atoms with Crippen molar-refractivity contribution >= 4 is 21.8 Å². The van der Waals surface area contributed by atoms with E-state index in [0.717, 1.165) is 39.8 Å². The number of hydrogen-bond donors (Lipinski definition) is 1. The van der Waals surface area contributed by atoms with Crippen LogP contribution < -0.4 is 0 Å². The number of rotatable bonds is 6. The lowest BCUT2D eigenvalue weighted by atomic mass is 9.96. The van der Waals surface area contributed by atoms with Gasteiger partial charge in [-0.1, -0.05) is 57.9 Å². The van der Waals surface area contributed by atoms with Crippen molar-refractivity contribution in [3.63, 3.8) is 0 Å². The Labute approximate surface area is 189 Å². The molecule has 156 valence electrons. The van der Waals surface area contributed by atoms with E-state index >= 15 is 0 Å². The molecule has 0 bridgehead atoms. The molecule has 1 amide bonds. The Morgan fingerprint density at radius 2 is 1.84 bits per heavy atom. The summed E-state index contributed by atoms with van der Waals surface area (Å²) >= 11 is 3.52. The number of aromatic amines is 1. The van der Waals surface area contributed by atoms with Gasteiger partial charge in [-0.25, -0.2) is 4.98 Å². The number of halogens is 1. The third-order valence-corrected chi connectivity index (χ3v) is 6.28. The van der Waals surface area contributed by atoms with E-state index in [1.165, 1.54) is 5.56 Å². The predicted octanol–water partition coefficient (Wildman–Crippen LogP) is 4.98. The molecule has 31 heavy (non-hydrogen) atoms. The number of carbonyl (C=O) groups excluding carboxylic acids is 1. The van der Waals surface area contributed by atoms with Crippen LogP contribution in [0.4, 0.5) is 0 Å². The first-order chi connectivity index (χ1) is 15.1. The molecule has 1 aliphatic rings.